The van der Waals surface area contributed by atoms with Gasteiger partial charge in [0.15, 0.2) is 0 Å². The molecule has 3 rings (SSSR count). The Morgan fingerprint density at radius 2 is 2.16 bits per heavy atom. The first kappa shape index (κ1) is 12.9. The Bertz CT molecular complexity index is 572. The Kier molecular flexibility index (Phi) is 3.50. The summed E-state index contributed by atoms with van der Waals surface area (Å²) in [5.74, 6) is 0.772. The molecule has 0 radical (unpaired) electrons. The van der Waals surface area contributed by atoms with Gasteiger partial charge in [-0.25, -0.2) is 0 Å². The van der Waals surface area contributed by atoms with Crippen molar-refractivity contribution in [3.63, 3.8) is 0 Å². The van der Waals surface area contributed by atoms with Crippen molar-refractivity contribution in [3.8, 4) is 0 Å². The van der Waals surface area contributed by atoms with Gasteiger partial charge in [0.25, 0.3) is 0 Å². The summed E-state index contributed by atoms with van der Waals surface area (Å²) >= 11 is 5.86. The van der Waals surface area contributed by atoms with Crippen LogP contribution in [0.2, 0.25) is 0 Å². The molecule has 0 unspecified atom stereocenters. The van der Waals surface area contributed by atoms with Crippen LogP contribution in [0.15, 0.2) is 24.3 Å². The Morgan fingerprint density at radius 3 is 2.89 bits per heavy atom. The molecule has 1 aromatic heterocycles. The van der Waals surface area contributed by atoms with E-state index in [9.17, 15) is 0 Å². The highest BCUT2D eigenvalue weighted by Crippen LogP contribution is 2.48. The van der Waals surface area contributed by atoms with Gasteiger partial charge in [-0.3, -0.25) is 4.68 Å². The molecule has 1 aliphatic rings. The van der Waals surface area contributed by atoms with Gasteiger partial charge in [0.2, 0.25) is 0 Å². The molecule has 0 amide bonds. The number of hydrogen-bond acceptors (Lipinski definition) is 2. The van der Waals surface area contributed by atoms with Gasteiger partial charge in [0.05, 0.1) is 11.2 Å². The normalized spacial score (nSPS) is 16.9. The van der Waals surface area contributed by atoms with Crippen LogP contribution in [0.3, 0.4) is 0 Å². The molecule has 0 atom stereocenters. The average Bonchev–Trinajstić information content (AvgIpc) is 3.10. The van der Waals surface area contributed by atoms with Gasteiger partial charge in [-0.2, -0.15) is 5.10 Å². The zero-order chi connectivity index (χ0) is 13.3. The van der Waals surface area contributed by atoms with E-state index in [-0.39, 0.29) is 0 Å². The van der Waals surface area contributed by atoms with E-state index in [0.29, 0.717) is 5.41 Å². The van der Waals surface area contributed by atoms with Crippen molar-refractivity contribution in [1.82, 2.24) is 15.1 Å². The lowest BCUT2D eigenvalue weighted by Gasteiger charge is -2.13. The van der Waals surface area contributed by atoms with Gasteiger partial charge in [-0.1, -0.05) is 18.2 Å². The highest BCUT2D eigenvalue weighted by molar-refractivity contribution is 6.17. The minimum absolute atomic E-state index is 0.479. The first-order valence-corrected chi connectivity index (χ1v) is 7.45. The smallest absolute Gasteiger partial charge is 0.0841 e. The maximum absolute atomic E-state index is 5.86. The second kappa shape index (κ2) is 5.14. The minimum atomic E-state index is 0.479. The second-order valence-electron chi connectivity index (χ2n) is 5.63. The van der Waals surface area contributed by atoms with E-state index in [4.69, 9.17) is 11.6 Å². The fourth-order valence-electron chi connectivity index (χ4n) is 2.76. The van der Waals surface area contributed by atoms with Crippen molar-refractivity contribution in [2.75, 3.05) is 12.4 Å². The highest BCUT2D eigenvalue weighted by atomic mass is 35.5. The topological polar surface area (TPSA) is 29.9 Å². The van der Waals surface area contributed by atoms with Crippen LogP contribution in [-0.4, -0.2) is 22.2 Å². The summed E-state index contributed by atoms with van der Waals surface area (Å²) in [5.41, 5.74) is 2.81. The maximum Gasteiger partial charge on any atom is 0.0841 e. The van der Waals surface area contributed by atoms with Crippen molar-refractivity contribution in [2.45, 2.75) is 25.8 Å². The Hall–Kier alpha value is -1.06. The fourth-order valence-corrected chi connectivity index (χ4v) is 3.16. The van der Waals surface area contributed by atoms with Crippen LogP contribution in [-0.2, 0) is 13.6 Å². The lowest BCUT2D eigenvalue weighted by molar-refractivity contribution is 0.443. The Balaban J connectivity index is 1.66. The van der Waals surface area contributed by atoms with Crippen LogP contribution in [0.1, 0.15) is 25.0 Å². The Labute approximate surface area is 118 Å². The molecule has 0 spiro atoms. The van der Waals surface area contributed by atoms with Crippen molar-refractivity contribution in [1.29, 1.82) is 0 Å². The van der Waals surface area contributed by atoms with Crippen LogP contribution in [0.5, 0.6) is 0 Å². The van der Waals surface area contributed by atoms with Crippen molar-refractivity contribution in [3.05, 3.63) is 30.0 Å². The zero-order valence-corrected chi connectivity index (χ0v) is 12.1. The van der Waals surface area contributed by atoms with Crippen LogP contribution in [0, 0.1) is 5.41 Å². The summed E-state index contributed by atoms with van der Waals surface area (Å²) in [4.78, 5) is 0. The van der Waals surface area contributed by atoms with Crippen LogP contribution >= 0.6 is 11.6 Å². The van der Waals surface area contributed by atoms with Gasteiger partial charge in [-0.05, 0) is 30.7 Å². The van der Waals surface area contributed by atoms with E-state index in [0.717, 1.165) is 31.1 Å². The molecular weight excluding hydrogens is 258 g/mol. The standard InChI is InChI=1S/C15H20ClN3/c1-19-14-5-3-2-4-12(14)13(18-19)10-17-11-15(6-7-15)8-9-16/h2-5,17H,6-11H2,1H3. The minimum Gasteiger partial charge on any atom is -0.311 e. The van der Waals surface area contributed by atoms with Crippen LogP contribution < -0.4 is 5.32 Å². The maximum atomic E-state index is 5.86. The van der Waals surface area contributed by atoms with Gasteiger partial charge < -0.3 is 5.32 Å². The molecule has 1 saturated carbocycles. The molecule has 1 heterocycles. The largest absolute Gasteiger partial charge is 0.311 e. The van der Waals surface area contributed by atoms with E-state index in [1.165, 1.54) is 23.7 Å². The number of para-hydroxylation sites is 1. The third-order valence-electron chi connectivity index (χ3n) is 4.21. The number of fused-ring (bicyclic) bond motifs is 1. The molecule has 3 nitrogen and oxygen atoms in total. The van der Waals surface area contributed by atoms with E-state index in [1.54, 1.807) is 0 Å². The predicted octanol–water partition coefficient (Wildman–Crippen LogP) is 3.07. The molecule has 0 saturated heterocycles. The lowest BCUT2D eigenvalue weighted by Crippen LogP contribution is -2.24. The number of aryl methyl sites for hydroxylation is 1. The van der Waals surface area contributed by atoms with E-state index >= 15 is 0 Å². The fraction of sp³-hybridized carbons (Fsp3) is 0.533. The predicted molar refractivity (Wildman–Crippen MR) is 79.4 cm³/mol. The van der Waals surface area contributed by atoms with Crippen molar-refractivity contribution < 1.29 is 0 Å². The second-order valence-corrected chi connectivity index (χ2v) is 6.01. The van der Waals surface area contributed by atoms with Crippen molar-refractivity contribution >= 4 is 22.5 Å². The van der Waals surface area contributed by atoms with E-state index in [2.05, 4.69) is 34.7 Å². The van der Waals surface area contributed by atoms with E-state index < -0.39 is 0 Å². The molecule has 102 valence electrons. The molecule has 4 heteroatoms. The summed E-state index contributed by atoms with van der Waals surface area (Å²) in [6.07, 6.45) is 3.76. The number of halogens is 1. The highest BCUT2D eigenvalue weighted by Gasteiger charge is 2.41. The summed E-state index contributed by atoms with van der Waals surface area (Å²) in [5, 5.41) is 9.41. The van der Waals surface area contributed by atoms with Gasteiger partial charge in [0.1, 0.15) is 0 Å². The van der Waals surface area contributed by atoms with Crippen molar-refractivity contribution in [2.24, 2.45) is 12.5 Å². The number of nitrogens with one attached hydrogen (secondary N) is 1. The summed E-state index contributed by atoms with van der Waals surface area (Å²) < 4.78 is 1.96. The molecule has 1 aromatic carbocycles. The number of rotatable bonds is 6. The molecule has 1 aliphatic carbocycles. The Morgan fingerprint density at radius 1 is 1.37 bits per heavy atom. The molecular formula is C15H20ClN3. The first-order chi connectivity index (χ1) is 9.24. The summed E-state index contributed by atoms with van der Waals surface area (Å²) in [7, 11) is 2.00. The monoisotopic (exact) mass is 277 g/mol. The molecule has 1 fully saturated rings. The first-order valence-electron chi connectivity index (χ1n) is 6.91. The third-order valence-corrected chi connectivity index (χ3v) is 4.40. The number of nitrogens with zero attached hydrogens (tertiary/aromatic N) is 2. The van der Waals surface area contributed by atoms with Gasteiger partial charge in [-0.15, -0.1) is 11.6 Å². The van der Waals surface area contributed by atoms with Gasteiger partial charge >= 0.3 is 0 Å². The number of aromatic nitrogens is 2. The zero-order valence-electron chi connectivity index (χ0n) is 11.3. The molecule has 2 aromatic rings. The number of benzene rings is 1. The third kappa shape index (κ3) is 2.63. The van der Waals surface area contributed by atoms with Crippen LogP contribution in [0.4, 0.5) is 0 Å². The molecule has 19 heavy (non-hydrogen) atoms. The lowest BCUT2D eigenvalue weighted by atomic mass is 10.0. The van der Waals surface area contributed by atoms with Gasteiger partial charge in [0, 0.05) is 31.4 Å². The summed E-state index contributed by atoms with van der Waals surface area (Å²) in [6, 6.07) is 8.39. The number of hydrogen-bond donors (Lipinski definition) is 1. The average molecular weight is 278 g/mol. The number of alkyl halides is 1. The molecule has 0 bridgehead atoms. The van der Waals surface area contributed by atoms with E-state index in [1.807, 2.05) is 11.7 Å². The SMILES string of the molecule is Cn1nc(CNCC2(CCCl)CC2)c2ccccc21. The summed E-state index contributed by atoms with van der Waals surface area (Å²) in [6.45, 7) is 1.90. The molecule has 0 aliphatic heterocycles. The van der Waals surface area contributed by atoms with Crippen LogP contribution in [0.25, 0.3) is 10.9 Å². The quantitative estimate of drug-likeness (QED) is 0.823. The molecule has 1 N–H and O–H groups in total.